The maximum Gasteiger partial charge on any atom is 0.164 e. The molecule has 2 aliphatic carbocycles. The van der Waals surface area contributed by atoms with Gasteiger partial charge in [0, 0.05) is 16.5 Å². The lowest BCUT2D eigenvalue weighted by molar-refractivity contribution is 0.660. The summed E-state index contributed by atoms with van der Waals surface area (Å²) in [5.74, 6) is 2.06. The molecule has 47 heavy (non-hydrogen) atoms. The molecule has 0 spiro atoms. The number of hydrogen-bond acceptors (Lipinski definition) is 4. The molecule has 6 aromatic rings. The summed E-state index contributed by atoms with van der Waals surface area (Å²) in [7, 11) is 0. The second-order valence-corrected chi connectivity index (χ2v) is 12.7. The Morgan fingerprint density at radius 1 is 0.574 bits per heavy atom. The number of allylic oxidation sites excluding steroid dienone is 4. The van der Waals surface area contributed by atoms with Crippen LogP contribution in [-0.4, -0.2) is 15.0 Å². The topological polar surface area (TPSA) is 62.5 Å². The summed E-state index contributed by atoms with van der Waals surface area (Å²) in [6.45, 7) is 4.48. The van der Waals surface area contributed by atoms with Gasteiger partial charge in [0.2, 0.25) is 0 Å². The van der Waals surface area contributed by atoms with Crippen LogP contribution in [0.2, 0.25) is 0 Å². The molecule has 0 unspecified atom stereocenters. The highest BCUT2D eigenvalue weighted by molar-refractivity contribution is 5.85. The second kappa shape index (κ2) is 11.5. The van der Waals surface area contributed by atoms with Crippen molar-refractivity contribution in [2.24, 2.45) is 0 Å². The van der Waals surface area contributed by atoms with E-state index in [0.29, 0.717) is 17.2 Å². The summed E-state index contributed by atoms with van der Waals surface area (Å²) in [4.78, 5) is 15.0. The van der Waals surface area contributed by atoms with Crippen LogP contribution in [0.3, 0.4) is 0 Å². The molecule has 0 aliphatic heterocycles. The van der Waals surface area contributed by atoms with E-state index >= 15 is 0 Å². The molecule has 5 aromatic carbocycles. The van der Waals surface area contributed by atoms with Crippen LogP contribution in [0.25, 0.3) is 61.7 Å². The lowest BCUT2D eigenvalue weighted by Crippen LogP contribution is -2.15. The van der Waals surface area contributed by atoms with Gasteiger partial charge in [0.25, 0.3) is 0 Å². The molecule has 1 heterocycles. The fraction of sp³-hybridized carbons (Fsp3) is 0.116. The Morgan fingerprint density at radius 3 is 2.00 bits per heavy atom. The first kappa shape index (κ1) is 28.5. The quantitative estimate of drug-likeness (QED) is 0.196. The zero-order valence-corrected chi connectivity index (χ0v) is 26.4. The van der Waals surface area contributed by atoms with Crippen molar-refractivity contribution in [3.05, 3.63) is 156 Å². The van der Waals surface area contributed by atoms with E-state index in [1.165, 1.54) is 22.3 Å². The Labute approximate surface area is 275 Å². The van der Waals surface area contributed by atoms with Crippen LogP contribution < -0.4 is 0 Å². The van der Waals surface area contributed by atoms with Gasteiger partial charge in [-0.05, 0) is 87.2 Å². The summed E-state index contributed by atoms with van der Waals surface area (Å²) >= 11 is 0. The zero-order valence-electron chi connectivity index (χ0n) is 26.4. The minimum Gasteiger partial charge on any atom is -0.209 e. The Bertz CT molecular complexity index is 2270. The van der Waals surface area contributed by atoms with Gasteiger partial charge in [-0.3, -0.25) is 0 Å². The maximum absolute atomic E-state index is 9.49. The molecule has 1 aromatic heterocycles. The van der Waals surface area contributed by atoms with E-state index in [4.69, 9.17) is 15.0 Å². The third-order valence-electron chi connectivity index (χ3n) is 9.45. The fourth-order valence-electron chi connectivity index (χ4n) is 6.85. The SMILES string of the molecule is CC1(C)c2ccc(-c3ccc(-c4nc(C5=CC=CCC5)nc(-c5cccc(-c6ccccc6)c5)n4)cc3)cc2-c2ccc(C#N)cc21. The van der Waals surface area contributed by atoms with E-state index in [-0.39, 0.29) is 5.41 Å². The molecule has 8 rings (SSSR count). The number of nitriles is 1. The van der Waals surface area contributed by atoms with Gasteiger partial charge in [-0.1, -0.05) is 123 Å². The summed E-state index contributed by atoms with van der Waals surface area (Å²) in [6.07, 6.45) is 8.26. The Kier molecular flexibility index (Phi) is 6.96. The van der Waals surface area contributed by atoms with Gasteiger partial charge < -0.3 is 0 Å². The highest BCUT2D eigenvalue weighted by Gasteiger charge is 2.35. The van der Waals surface area contributed by atoms with Crippen molar-refractivity contribution in [1.29, 1.82) is 5.26 Å². The maximum atomic E-state index is 9.49. The average molecular weight is 605 g/mol. The average Bonchev–Trinajstić information content (AvgIpc) is 3.37. The van der Waals surface area contributed by atoms with Crippen LogP contribution in [0.1, 0.15) is 49.2 Å². The Balaban J connectivity index is 1.17. The number of fused-ring (bicyclic) bond motifs is 3. The first-order valence-corrected chi connectivity index (χ1v) is 16.1. The number of aromatic nitrogens is 3. The largest absolute Gasteiger partial charge is 0.209 e. The monoisotopic (exact) mass is 604 g/mol. The predicted octanol–water partition coefficient (Wildman–Crippen LogP) is 10.5. The van der Waals surface area contributed by atoms with Gasteiger partial charge in [0.05, 0.1) is 11.6 Å². The van der Waals surface area contributed by atoms with Crippen molar-refractivity contribution < 1.29 is 0 Å². The van der Waals surface area contributed by atoms with Gasteiger partial charge in [0.1, 0.15) is 0 Å². The highest BCUT2D eigenvalue weighted by atomic mass is 15.0. The van der Waals surface area contributed by atoms with Crippen molar-refractivity contribution in [2.75, 3.05) is 0 Å². The molecule has 0 saturated heterocycles. The van der Waals surface area contributed by atoms with Crippen LogP contribution >= 0.6 is 0 Å². The van der Waals surface area contributed by atoms with E-state index in [9.17, 15) is 5.26 Å². The zero-order chi connectivity index (χ0) is 32.0. The van der Waals surface area contributed by atoms with E-state index in [1.807, 2.05) is 18.2 Å². The minimum absolute atomic E-state index is 0.155. The molecular weight excluding hydrogens is 573 g/mol. The van der Waals surface area contributed by atoms with Crippen molar-refractivity contribution in [3.63, 3.8) is 0 Å². The van der Waals surface area contributed by atoms with E-state index in [1.54, 1.807) is 0 Å². The fourth-order valence-corrected chi connectivity index (χ4v) is 6.85. The Morgan fingerprint density at radius 2 is 1.23 bits per heavy atom. The molecule has 224 valence electrons. The molecule has 0 saturated carbocycles. The lowest BCUT2D eigenvalue weighted by Gasteiger charge is -2.21. The van der Waals surface area contributed by atoms with Gasteiger partial charge in [-0.15, -0.1) is 0 Å². The highest BCUT2D eigenvalue weighted by Crippen LogP contribution is 2.50. The molecule has 0 radical (unpaired) electrons. The van der Waals surface area contributed by atoms with E-state index in [2.05, 4.69) is 135 Å². The lowest BCUT2D eigenvalue weighted by atomic mass is 9.81. The van der Waals surface area contributed by atoms with Gasteiger partial charge in [-0.2, -0.15) is 5.26 Å². The van der Waals surface area contributed by atoms with Crippen molar-refractivity contribution in [2.45, 2.75) is 32.1 Å². The minimum atomic E-state index is -0.155. The molecule has 0 fully saturated rings. The number of benzene rings is 5. The number of rotatable bonds is 5. The molecule has 0 bridgehead atoms. The van der Waals surface area contributed by atoms with Crippen LogP contribution in [-0.2, 0) is 5.41 Å². The number of nitrogens with zero attached hydrogens (tertiary/aromatic N) is 4. The van der Waals surface area contributed by atoms with E-state index in [0.717, 1.165) is 57.6 Å². The first-order valence-electron chi connectivity index (χ1n) is 16.1. The molecule has 2 aliphatic rings. The Hall–Kier alpha value is -5.92. The first-order chi connectivity index (χ1) is 23.0. The predicted molar refractivity (Wildman–Crippen MR) is 190 cm³/mol. The normalized spacial score (nSPS) is 14.2. The van der Waals surface area contributed by atoms with Crippen molar-refractivity contribution >= 4 is 5.57 Å². The van der Waals surface area contributed by atoms with Gasteiger partial charge in [0.15, 0.2) is 17.5 Å². The summed E-state index contributed by atoms with van der Waals surface area (Å²) in [6, 6.07) is 42.4. The van der Waals surface area contributed by atoms with Crippen LogP contribution in [0.5, 0.6) is 0 Å². The summed E-state index contributed by atoms with van der Waals surface area (Å²) in [5, 5.41) is 9.49. The van der Waals surface area contributed by atoms with Crippen LogP contribution in [0, 0.1) is 11.3 Å². The summed E-state index contributed by atoms with van der Waals surface area (Å²) < 4.78 is 0. The van der Waals surface area contributed by atoms with Gasteiger partial charge in [-0.25, -0.2) is 15.0 Å². The van der Waals surface area contributed by atoms with Crippen molar-refractivity contribution in [3.8, 4) is 62.2 Å². The smallest absolute Gasteiger partial charge is 0.164 e. The molecule has 4 heteroatoms. The van der Waals surface area contributed by atoms with E-state index < -0.39 is 0 Å². The van der Waals surface area contributed by atoms with Crippen molar-refractivity contribution in [1.82, 2.24) is 15.0 Å². The molecule has 0 amide bonds. The second-order valence-electron chi connectivity index (χ2n) is 12.7. The molecule has 4 nitrogen and oxygen atoms in total. The number of hydrogen-bond donors (Lipinski definition) is 0. The molecule has 0 N–H and O–H groups in total. The molecule has 0 atom stereocenters. The third-order valence-corrected chi connectivity index (χ3v) is 9.45. The third kappa shape index (κ3) is 5.16. The van der Waals surface area contributed by atoms with Crippen LogP contribution in [0.4, 0.5) is 0 Å². The van der Waals surface area contributed by atoms with Crippen LogP contribution in [0.15, 0.2) is 133 Å². The molecular formula is C43H32N4. The standard InChI is InChI=1S/C43H32N4/c1-43(2)38-23-21-34(26-37(38)36-22-16-28(27-44)24-39(36)43)30-17-19-32(20-18-30)41-45-40(31-12-7-4-8-13-31)46-42(47-41)35-15-9-14-33(25-35)29-10-5-3-6-11-29/h3-7,9-12,14-26H,8,13H2,1-2H3. The summed E-state index contributed by atoms with van der Waals surface area (Å²) in [5.41, 5.74) is 13.1. The van der Waals surface area contributed by atoms with Gasteiger partial charge >= 0.3 is 0 Å².